The second kappa shape index (κ2) is 15.9. The summed E-state index contributed by atoms with van der Waals surface area (Å²) in [5, 5.41) is 15.2. The third-order valence-electron chi connectivity index (χ3n) is 6.95. The maximum atomic E-state index is 13.0. The van der Waals surface area contributed by atoms with Crippen molar-refractivity contribution in [3.63, 3.8) is 0 Å². The molecule has 0 spiro atoms. The number of rotatable bonds is 12. The summed E-state index contributed by atoms with van der Waals surface area (Å²) in [5.41, 5.74) is 5.44. The number of carbonyl (C=O) groups is 4. The number of nitrogens with zero attached hydrogens (tertiary/aromatic N) is 3. The molecule has 15 heteroatoms. The van der Waals surface area contributed by atoms with E-state index in [0.29, 0.717) is 24.3 Å². The first kappa shape index (κ1) is 36.4. The van der Waals surface area contributed by atoms with E-state index in [1.54, 1.807) is 65.8 Å². The van der Waals surface area contributed by atoms with E-state index in [2.05, 4.69) is 20.5 Å². The average Bonchev–Trinajstić information content (AvgIpc) is 3.30. The molecule has 2 aliphatic heterocycles. The number of amides is 3. The normalized spacial score (nSPS) is 19.2. The highest BCUT2D eigenvalue weighted by Gasteiger charge is 2.39. The number of carboxylic acid groups (broad SMARTS) is 1. The number of aliphatic carboxylic acids is 1. The van der Waals surface area contributed by atoms with Crippen LogP contribution in [-0.2, 0) is 25.4 Å². The molecule has 2 fully saturated rings. The molecule has 0 saturated carbocycles. The molecule has 0 radical (unpaired) electrons. The Morgan fingerprint density at radius 3 is 2.30 bits per heavy atom. The van der Waals surface area contributed by atoms with E-state index in [4.69, 9.17) is 24.7 Å². The van der Waals surface area contributed by atoms with Crippen molar-refractivity contribution in [1.29, 1.82) is 0 Å². The molecule has 1 aromatic rings. The average molecular weight is 649 g/mol. The molecule has 1 aromatic carbocycles. The molecule has 2 heterocycles. The van der Waals surface area contributed by atoms with Gasteiger partial charge in [0, 0.05) is 39.1 Å². The topological polar surface area (TPSA) is 194 Å². The van der Waals surface area contributed by atoms with Gasteiger partial charge >= 0.3 is 24.2 Å². The molecule has 2 aliphatic rings. The molecule has 3 unspecified atom stereocenters. The number of carboxylic acids is 1. The number of cyclic esters (lactones) is 1. The van der Waals surface area contributed by atoms with E-state index in [1.807, 2.05) is 0 Å². The van der Waals surface area contributed by atoms with Crippen LogP contribution in [0.4, 0.5) is 14.4 Å². The van der Waals surface area contributed by atoms with Gasteiger partial charge in [0.2, 0.25) is 0 Å². The van der Waals surface area contributed by atoms with Gasteiger partial charge in [-0.3, -0.25) is 4.90 Å². The van der Waals surface area contributed by atoms with Gasteiger partial charge in [0.15, 0.2) is 6.10 Å². The van der Waals surface area contributed by atoms with Crippen LogP contribution in [0.15, 0.2) is 29.3 Å². The van der Waals surface area contributed by atoms with Crippen LogP contribution in [-0.4, -0.2) is 120 Å². The van der Waals surface area contributed by atoms with Gasteiger partial charge in [-0.05, 0) is 65.7 Å². The summed E-state index contributed by atoms with van der Waals surface area (Å²) >= 11 is 0. The molecular formula is C31H48N6O9. The molecule has 0 aromatic heterocycles. The Balaban J connectivity index is 1.60. The Morgan fingerprint density at radius 1 is 1.09 bits per heavy atom. The highest BCUT2D eigenvalue weighted by molar-refractivity contribution is 5.96. The van der Waals surface area contributed by atoms with E-state index < -0.39 is 53.6 Å². The van der Waals surface area contributed by atoms with Crippen LogP contribution >= 0.6 is 0 Å². The molecule has 3 rings (SSSR count). The summed E-state index contributed by atoms with van der Waals surface area (Å²) in [6.45, 7) is 14.5. The molecule has 5 N–H and O–H groups in total. The predicted octanol–water partition coefficient (Wildman–Crippen LogP) is 2.36. The lowest BCUT2D eigenvalue weighted by Crippen LogP contribution is -2.50. The van der Waals surface area contributed by atoms with Crippen molar-refractivity contribution >= 4 is 30.1 Å². The second-order valence-electron chi connectivity index (χ2n) is 13.3. The quantitative estimate of drug-likeness (QED) is 0.147. The first-order chi connectivity index (χ1) is 21.5. The monoisotopic (exact) mass is 648 g/mol. The molecule has 2 saturated heterocycles. The largest absolute Gasteiger partial charge is 0.490 e. The van der Waals surface area contributed by atoms with Crippen LogP contribution in [0.1, 0.15) is 53.5 Å². The van der Waals surface area contributed by atoms with Crippen molar-refractivity contribution < 1.29 is 43.2 Å². The number of aliphatic imine (C=N–C) groups is 1. The number of carbonyl (C=O) groups excluding carboxylic acids is 3. The standard InChI is InChI=1S/C31H48N6O9/c1-30(2,3)45-27(40)34-23(26(38)39)17-20-7-9-21(10-8-20)43-19-22-18-37(29(42)44-22)24(11-14-36-15-12-33-13-16-36)25(32)35-28(41)46-31(4,5)6/h7-10,22-24,33H,11-19H2,1-6H3,(H,34,40)(H,38,39)(H2,32,35,41). The zero-order chi connectivity index (χ0) is 34.1. The van der Waals surface area contributed by atoms with Crippen molar-refractivity contribution in [2.45, 2.75) is 83.8 Å². The molecule has 15 nitrogen and oxygen atoms in total. The maximum Gasteiger partial charge on any atom is 0.435 e. The zero-order valence-electron chi connectivity index (χ0n) is 27.5. The number of ether oxygens (including phenoxy) is 4. The van der Waals surface area contributed by atoms with E-state index in [0.717, 1.165) is 26.2 Å². The fourth-order valence-electron chi connectivity index (χ4n) is 4.85. The Hall–Kier alpha value is -4.11. The number of nitrogens with one attached hydrogen (secondary N) is 2. The number of alkyl carbamates (subject to hydrolysis) is 1. The van der Waals surface area contributed by atoms with E-state index in [1.165, 1.54) is 4.90 Å². The van der Waals surface area contributed by atoms with Gasteiger partial charge in [0.05, 0.1) is 12.6 Å². The lowest BCUT2D eigenvalue weighted by molar-refractivity contribution is -0.139. The minimum atomic E-state index is -1.19. The number of piperazine rings is 1. The Kier molecular flexibility index (Phi) is 12.6. The third-order valence-corrected chi connectivity index (χ3v) is 6.95. The lowest BCUT2D eigenvalue weighted by Gasteiger charge is -2.31. The molecule has 3 atom stereocenters. The summed E-state index contributed by atoms with van der Waals surface area (Å²) in [6, 6.07) is 4.84. The van der Waals surface area contributed by atoms with Crippen LogP contribution < -0.4 is 21.1 Å². The first-order valence-corrected chi connectivity index (χ1v) is 15.4. The van der Waals surface area contributed by atoms with Gasteiger partial charge in [-0.1, -0.05) is 12.1 Å². The summed E-state index contributed by atoms with van der Waals surface area (Å²) in [7, 11) is 0. The number of nitrogens with two attached hydrogens (primary N) is 1. The Bertz CT molecular complexity index is 1240. The van der Waals surface area contributed by atoms with Gasteiger partial charge in [0.25, 0.3) is 0 Å². The molecule has 256 valence electrons. The number of hydrogen-bond acceptors (Lipinski definition) is 10. The van der Waals surface area contributed by atoms with Crippen LogP contribution in [0.3, 0.4) is 0 Å². The van der Waals surface area contributed by atoms with Crippen molar-refractivity contribution in [3.8, 4) is 5.75 Å². The molecule has 46 heavy (non-hydrogen) atoms. The zero-order valence-corrected chi connectivity index (χ0v) is 27.5. The van der Waals surface area contributed by atoms with Crippen molar-refractivity contribution in [2.75, 3.05) is 45.9 Å². The van der Waals surface area contributed by atoms with E-state index >= 15 is 0 Å². The van der Waals surface area contributed by atoms with Crippen LogP contribution in [0.5, 0.6) is 5.75 Å². The van der Waals surface area contributed by atoms with Gasteiger partial charge < -0.3 is 45.3 Å². The smallest absolute Gasteiger partial charge is 0.435 e. The van der Waals surface area contributed by atoms with Crippen molar-refractivity contribution in [2.24, 2.45) is 10.7 Å². The Morgan fingerprint density at radius 2 is 1.72 bits per heavy atom. The Labute approximate surface area is 269 Å². The lowest BCUT2D eigenvalue weighted by atomic mass is 10.1. The fraction of sp³-hybridized carbons (Fsp3) is 0.645. The first-order valence-electron chi connectivity index (χ1n) is 15.4. The fourth-order valence-corrected chi connectivity index (χ4v) is 4.85. The minimum absolute atomic E-state index is 0.0284. The van der Waals surface area contributed by atoms with E-state index in [-0.39, 0.29) is 25.4 Å². The summed E-state index contributed by atoms with van der Waals surface area (Å²) < 4.78 is 21.9. The maximum absolute atomic E-state index is 13.0. The van der Waals surface area contributed by atoms with Crippen LogP contribution in [0.25, 0.3) is 0 Å². The number of hydrogen-bond donors (Lipinski definition) is 4. The van der Waals surface area contributed by atoms with Crippen molar-refractivity contribution in [3.05, 3.63) is 29.8 Å². The SMILES string of the molecule is CC(C)(C)OC(=O)N=C(N)C(CCN1CCNCC1)N1CC(COc2ccc(CC(NC(=O)OC(C)(C)C)C(=O)O)cc2)OC1=O. The molecule has 0 bridgehead atoms. The highest BCUT2D eigenvalue weighted by atomic mass is 16.6. The molecule has 3 amide bonds. The van der Waals surface area contributed by atoms with Crippen molar-refractivity contribution in [1.82, 2.24) is 20.4 Å². The minimum Gasteiger partial charge on any atom is -0.490 e. The number of benzene rings is 1. The van der Waals surface area contributed by atoms with Gasteiger partial charge in [0.1, 0.15) is 35.4 Å². The summed E-state index contributed by atoms with van der Waals surface area (Å²) in [6.07, 6.45) is -2.37. The van der Waals surface area contributed by atoms with Crippen LogP contribution in [0, 0.1) is 0 Å². The molecular weight excluding hydrogens is 600 g/mol. The molecule has 0 aliphatic carbocycles. The van der Waals surface area contributed by atoms with Gasteiger partial charge in [-0.15, -0.1) is 0 Å². The summed E-state index contributed by atoms with van der Waals surface area (Å²) in [4.78, 5) is 56.8. The van der Waals surface area contributed by atoms with Gasteiger partial charge in [-0.2, -0.15) is 4.99 Å². The van der Waals surface area contributed by atoms with Crippen LogP contribution in [0.2, 0.25) is 0 Å². The third kappa shape index (κ3) is 12.4. The summed E-state index contributed by atoms with van der Waals surface area (Å²) in [5.74, 6) is -0.743. The van der Waals surface area contributed by atoms with E-state index in [9.17, 15) is 24.3 Å². The number of amidine groups is 1. The highest BCUT2D eigenvalue weighted by Crippen LogP contribution is 2.21. The predicted molar refractivity (Wildman–Crippen MR) is 169 cm³/mol. The second-order valence-corrected chi connectivity index (χ2v) is 13.3. The van der Waals surface area contributed by atoms with Gasteiger partial charge in [-0.25, -0.2) is 19.2 Å².